The first-order valence-electron chi connectivity index (χ1n) is 8.56. The Morgan fingerprint density at radius 2 is 1.76 bits per heavy atom. The summed E-state index contributed by atoms with van der Waals surface area (Å²) in [6.07, 6.45) is 6.34. The van der Waals surface area contributed by atoms with Crippen LogP contribution in [0, 0.1) is 0 Å². The molecule has 3 rings (SSSR count). The zero-order valence-electron chi connectivity index (χ0n) is 13.3. The van der Waals surface area contributed by atoms with Gasteiger partial charge in [-0.2, -0.15) is 0 Å². The summed E-state index contributed by atoms with van der Waals surface area (Å²) >= 11 is 0. The number of ether oxygens (including phenoxy) is 1. The van der Waals surface area contributed by atoms with Crippen LogP contribution < -0.4 is 15.0 Å². The van der Waals surface area contributed by atoms with Crippen LogP contribution >= 0.6 is 0 Å². The highest BCUT2D eigenvalue weighted by atomic mass is 16.5. The minimum absolute atomic E-state index is 0.718. The van der Waals surface area contributed by atoms with Crippen molar-refractivity contribution >= 4 is 5.69 Å². The monoisotopic (exact) mass is 288 g/mol. The summed E-state index contributed by atoms with van der Waals surface area (Å²) in [6.45, 7) is 6.25. The van der Waals surface area contributed by atoms with E-state index in [9.17, 15) is 0 Å². The number of benzene rings is 1. The van der Waals surface area contributed by atoms with Crippen molar-refractivity contribution in [2.24, 2.45) is 0 Å². The van der Waals surface area contributed by atoms with Gasteiger partial charge < -0.3 is 15.0 Å². The Kier molecular flexibility index (Phi) is 4.69. The maximum Gasteiger partial charge on any atom is 0.119 e. The van der Waals surface area contributed by atoms with Gasteiger partial charge in [-0.3, -0.25) is 0 Å². The van der Waals surface area contributed by atoms with Gasteiger partial charge in [0.25, 0.3) is 0 Å². The minimum atomic E-state index is 0.718. The molecule has 2 aliphatic rings. The second-order valence-corrected chi connectivity index (χ2v) is 6.36. The van der Waals surface area contributed by atoms with Gasteiger partial charge in [-0.15, -0.1) is 0 Å². The van der Waals surface area contributed by atoms with Crippen molar-refractivity contribution in [1.82, 2.24) is 5.32 Å². The van der Waals surface area contributed by atoms with E-state index in [1.807, 2.05) is 0 Å². The Bertz CT molecular complexity index is 431. The van der Waals surface area contributed by atoms with Crippen molar-refractivity contribution in [3.63, 3.8) is 0 Å². The molecule has 0 aromatic heterocycles. The molecule has 2 bridgehead atoms. The highest BCUT2D eigenvalue weighted by Gasteiger charge is 2.40. The highest BCUT2D eigenvalue weighted by molar-refractivity contribution is 5.52. The maximum absolute atomic E-state index is 5.69. The Morgan fingerprint density at radius 3 is 2.33 bits per heavy atom. The largest absolute Gasteiger partial charge is 0.494 e. The molecule has 2 atom stereocenters. The average Bonchev–Trinajstić information content (AvgIpc) is 2.77. The SMILES string of the molecule is CCCOc1ccc(N2C3CCC2CC(NCC)C3)cc1. The lowest BCUT2D eigenvalue weighted by atomic mass is 9.96. The molecule has 2 saturated heterocycles. The molecule has 2 heterocycles. The highest BCUT2D eigenvalue weighted by Crippen LogP contribution is 2.39. The van der Waals surface area contributed by atoms with E-state index < -0.39 is 0 Å². The van der Waals surface area contributed by atoms with Crippen LogP contribution in [0.3, 0.4) is 0 Å². The van der Waals surface area contributed by atoms with Crippen LogP contribution in [0.5, 0.6) is 5.75 Å². The quantitative estimate of drug-likeness (QED) is 0.866. The van der Waals surface area contributed by atoms with Gasteiger partial charge >= 0.3 is 0 Å². The number of nitrogens with zero attached hydrogens (tertiary/aromatic N) is 1. The lowest BCUT2D eigenvalue weighted by Crippen LogP contribution is -2.49. The topological polar surface area (TPSA) is 24.5 Å². The number of fused-ring (bicyclic) bond motifs is 2. The Morgan fingerprint density at radius 1 is 1.10 bits per heavy atom. The van der Waals surface area contributed by atoms with E-state index >= 15 is 0 Å². The van der Waals surface area contributed by atoms with E-state index in [-0.39, 0.29) is 0 Å². The zero-order valence-corrected chi connectivity index (χ0v) is 13.3. The maximum atomic E-state index is 5.69. The number of anilines is 1. The summed E-state index contributed by atoms with van der Waals surface area (Å²) in [5, 5.41) is 3.64. The molecule has 2 aliphatic heterocycles. The van der Waals surface area contributed by atoms with E-state index in [4.69, 9.17) is 4.74 Å². The fourth-order valence-electron chi connectivity index (χ4n) is 3.99. The van der Waals surface area contributed by atoms with Gasteiger partial charge in [-0.25, -0.2) is 0 Å². The molecule has 116 valence electrons. The van der Waals surface area contributed by atoms with Crippen molar-refractivity contribution in [2.75, 3.05) is 18.1 Å². The van der Waals surface area contributed by atoms with Crippen LogP contribution in [0.4, 0.5) is 5.69 Å². The fraction of sp³-hybridized carbons (Fsp3) is 0.667. The fourth-order valence-corrected chi connectivity index (χ4v) is 3.99. The van der Waals surface area contributed by atoms with Crippen molar-refractivity contribution < 1.29 is 4.74 Å². The van der Waals surface area contributed by atoms with E-state index in [2.05, 4.69) is 48.3 Å². The van der Waals surface area contributed by atoms with Crippen molar-refractivity contribution in [3.05, 3.63) is 24.3 Å². The predicted molar refractivity (Wildman–Crippen MR) is 88.2 cm³/mol. The molecule has 1 aromatic rings. The van der Waals surface area contributed by atoms with Crippen LogP contribution in [0.15, 0.2) is 24.3 Å². The van der Waals surface area contributed by atoms with Crippen molar-refractivity contribution in [3.8, 4) is 5.75 Å². The average molecular weight is 288 g/mol. The predicted octanol–water partition coefficient (Wildman–Crippen LogP) is 3.58. The van der Waals surface area contributed by atoms with E-state index in [1.54, 1.807) is 0 Å². The first kappa shape index (κ1) is 14.7. The van der Waals surface area contributed by atoms with Gasteiger partial charge in [0.15, 0.2) is 0 Å². The second-order valence-electron chi connectivity index (χ2n) is 6.36. The number of hydrogen-bond donors (Lipinski definition) is 1. The number of nitrogens with one attached hydrogen (secondary N) is 1. The first-order chi connectivity index (χ1) is 10.3. The molecule has 0 spiro atoms. The third-order valence-corrected chi connectivity index (χ3v) is 4.83. The number of hydrogen-bond acceptors (Lipinski definition) is 3. The summed E-state index contributed by atoms with van der Waals surface area (Å²) in [6, 6.07) is 10.9. The molecular formula is C18H28N2O. The van der Waals surface area contributed by atoms with Gasteiger partial charge in [0, 0.05) is 23.8 Å². The Hall–Kier alpha value is -1.22. The van der Waals surface area contributed by atoms with Crippen LogP contribution in [0.25, 0.3) is 0 Å². The Balaban J connectivity index is 1.67. The van der Waals surface area contributed by atoms with E-state index in [0.29, 0.717) is 0 Å². The molecule has 0 saturated carbocycles. The van der Waals surface area contributed by atoms with Crippen LogP contribution in [0.2, 0.25) is 0 Å². The van der Waals surface area contributed by atoms with Crippen LogP contribution in [-0.4, -0.2) is 31.3 Å². The molecule has 2 fully saturated rings. The molecule has 0 amide bonds. The third kappa shape index (κ3) is 3.18. The zero-order chi connectivity index (χ0) is 14.7. The van der Waals surface area contributed by atoms with Gasteiger partial charge in [0.05, 0.1) is 6.61 Å². The van der Waals surface area contributed by atoms with Gasteiger partial charge in [-0.05, 0) is 62.9 Å². The van der Waals surface area contributed by atoms with Gasteiger partial charge in [0.1, 0.15) is 5.75 Å². The second kappa shape index (κ2) is 6.69. The van der Waals surface area contributed by atoms with Crippen molar-refractivity contribution in [1.29, 1.82) is 0 Å². The lowest BCUT2D eigenvalue weighted by molar-refractivity contribution is 0.317. The summed E-state index contributed by atoms with van der Waals surface area (Å²) in [5.74, 6) is 0.996. The molecule has 0 aliphatic carbocycles. The molecule has 2 unspecified atom stereocenters. The van der Waals surface area contributed by atoms with Gasteiger partial charge in [0.2, 0.25) is 0 Å². The standard InChI is InChI=1S/C18H28N2O/c1-3-11-21-18-9-7-15(8-10-18)20-16-5-6-17(20)13-14(12-16)19-4-2/h7-10,14,16-17,19H,3-6,11-13H2,1-2H3. The van der Waals surface area contributed by atoms with Gasteiger partial charge in [-0.1, -0.05) is 13.8 Å². The molecule has 3 nitrogen and oxygen atoms in total. The van der Waals surface area contributed by atoms with Crippen molar-refractivity contribution in [2.45, 2.75) is 64.1 Å². The molecule has 21 heavy (non-hydrogen) atoms. The molecule has 3 heteroatoms. The molecule has 1 aromatic carbocycles. The number of piperidine rings is 1. The normalized spacial score (nSPS) is 27.9. The summed E-state index contributed by atoms with van der Waals surface area (Å²) < 4.78 is 5.69. The third-order valence-electron chi connectivity index (χ3n) is 4.83. The minimum Gasteiger partial charge on any atom is -0.494 e. The van der Waals surface area contributed by atoms with E-state index in [0.717, 1.165) is 43.4 Å². The molecule has 0 radical (unpaired) electrons. The van der Waals surface area contributed by atoms with Crippen LogP contribution in [0.1, 0.15) is 46.0 Å². The summed E-state index contributed by atoms with van der Waals surface area (Å²) in [7, 11) is 0. The smallest absolute Gasteiger partial charge is 0.119 e. The molecule has 1 N–H and O–H groups in total. The van der Waals surface area contributed by atoms with E-state index in [1.165, 1.54) is 31.4 Å². The summed E-state index contributed by atoms with van der Waals surface area (Å²) in [4.78, 5) is 2.66. The molecular weight excluding hydrogens is 260 g/mol. The summed E-state index contributed by atoms with van der Waals surface area (Å²) in [5.41, 5.74) is 1.38. The lowest BCUT2D eigenvalue weighted by Gasteiger charge is -2.41. The first-order valence-corrected chi connectivity index (χ1v) is 8.56. The number of rotatable bonds is 6. The van der Waals surface area contributed by atoms with Crippen LogP contribution in [-0.2, 0) is 0 Å². The Labute approximate surface area is 128 Å².